The third-order valence-electron chi connectivity index (χ3n) is 3.47. The summed E-state index contributed by atoms with van der Waals surface area (Å²) in [5.41, 5.74) is 2.82. The van der Waals surface area contributed by atoms with Crippen LogP contribution in [0.3, 0.4) is 0 Å². The summed E-state index contributed by atoms with van der Waals surface area (Å²) in [6.07, 6.45) is 5.12. The Labute approximate surface area is 137 Å². The van der Waals surface area contributed by atoms with Crippen LogP contribution in [0.2, 0.25) is 0 Å². The van der Waals surface area contributed by atoms with Crippen molar-refractivity contribution in [2.75, 3.05) is 0 Å². The Morgan fingerprint density at radius 2 is 2.17 bits per heavy atom. The van der Waals surface area contributed by atoms with Gasteiger partial charge in [0.15, 0.2) is 0 Å². The molecule has 3 rings (SSSR count). The van der Waals surface area contributed by atoms with E-state index < -0.39 is 0 Å². The maximum absolute atomic E-state index is 12.2. The topological polar surface area (TPSA) is 64.0 Å². The molecule has 0 radical (unpaired) electrons. The first kappa shape index (κ1) is 15.2. The van der Waals surface area contributed by atoms with E-state index in [1.807, 2.05) is 22.9 Å². The number of hydrogen-bond acceptors (Lipinski definition) is 4. The largest absolute Gasteiger partial charge is 0.348 e. The van der Waals surface area contributed by atoms with Crippen LogP contribution in [0.4, 0.5) is 0 Å². The van der Waals surface area contributed by atoms with Gasteiger partial charge >= 0.3 is 0 Å². The number of aryl methyl sites for hydroxylation is 1. The van der Waals surface area contributed by atoms with Gasteiger partial charge in [-0.3, -0.25) is 14.6 Å². The van der Waals surface area contributed by atoms with Crippen molar-refractivity contribution >= 4 is 17.2 Å². The van der Waals surface area contributed by atoms with Crippen molar-refractivity contribution in [3.05, 3.63) is 75.1 Å². The fourth-order valence-corrected chi connectivity index (χ4v) is 2.88. The second-order valence-electron chi connectivity index (χ2n) is 5.11. The molecule has 0 aromatic carbocycles. The highest BCUT2D eigenvalue weighted by Gasteiger charge is 2.10. The summed E-state index contributed by atoms with van der Waals surface area (Å²) in [5, 5.41) is 6.82. The van der Waals surface area contributed by atoms with E-state index in [0.717, 1.165) is 16.7 Å². The highest BCUT2D eigenvalue weighted by atomic mass is 32.1. The molecule has 0 unspecified atom stereocenters. The summed E-state index contributed by atoms with van der Waals surface area (Å²) >= 11 is 1.62. The minimum absolute atomic E-state index is 0.136. The van der Waals surface area contributed by atoms with E-state index in [4.69, 9.17) is 0 Å². The predicted octanol–water partition coefficient (Wildman–Crippen LogP) is 2.44. The molecule has 3 aromatic rings. The molecular weight excluding hydrogens is 310 g/mol. The molecule has 0 aliphatic carbocycles. The Kier molecular flexibility index (Phi) is 4.34. The van der Waals surface area contributed by atoms with Gasteiger partial charge in [0.25, 0.3) is 11.5 Å². The fourth-order valence-electron chi connectivity index (χ4n) is 2.22. The molecule has 0 aliphatic heterocycles. The van der Waals surface area contributed by atoms with Crippen LogP contribution in [0, 0.1) is 0 Å². The second kappa shape index (κ2) is 6.58. The van der Waals surface area contributed by atoms with Crippen LogP contribution in [0.25, 0.3) is 11.1 Å². The van der Waals surface area contributed by atoms with Gasteiger partial charge in [0.05, 0.1) is 0 Å². The molecule has 0 spiro atoms. The lowest BCUT2D eigenvalue weighted by atomic mass is 10.1. The molecule has 23 heavy (non-hydrogen) atoms. The van der Waals surface area contributed by atoms with E-state index in [2.05, 4.69) is 10.3 Å². The summed E-state index contributed by atoms with van der Waals surface area (Å²) in [7, 11) is 1.62. The second-order valence-corrected chi connectivity index (χ2v) is 5.89. The van der Waals surface area contributed by atoms with Gasteiger partial charge < -0.3 is 9.88 Å². The zero-order valence-electron chi connectivity index (χ0n) is 12.5. The number of carbonyl (C=O) groups excluding carboxylic acids is 1. The number of aromatic nitrogens is 2. The van der Waals surface area contributed by atoms with Crippen LogP contribution in [0.15, 0.2) is 58.4 Å². The van der Waals surface area contributed by atoms with E-state index in [-0.39, 0.29) is 17.0 Å². The SMILES string of the molecule is Cn1cccc(C(=O)NCc2cncc(-c3ccsc3)c2)c1=O. The van der Waals surface area contributed by atoms with Crippen LogP contribution < -0.4 is 10.9 Å². The van der Waals surface area contributed by atoms with Crippen LogP contribution in [0.5, 0.6) is 0 Å². The molecule has 0 saturated heterocycles. The number of nitrogens with zero attached hydrogens (tertiary/aromatic N) is 2. The summed E-state index contributed by atoms with van der Waals surface area (Å²) in [6, 6.07) is 7.21. The maximum atomic E-state index is 12.2. The first-order valence-corrected chi connectivity index (χ1v) is 8.00. The molecule has 116 valence electrons. The molecule has 1 amide bonds. The summed E-state index contributed by atoms with van der Waals surface area (Å²) in [4.78, 5) is 28.3. The van der Waals surface area contributed by atoms with Crippen molar-refractivity contribution < 1.29 is 4.79 Å². The Bertz CT molecular complexity index is 885. The van der Waals surface area contributed by atoms with Crippen LogP contribution in [-0.2, 0) is 13.6 Å². The van der Waals surface area contributed by atoms with Gasteiger partial charge in [-0.05, 0) is 46.2 Å². The number of amides is 1. The Balaban J connectivity index is 1.73. The number of hydrogen-bond donors (Lipinski definition) is 1. The summed E-state index contributed by atoms with van der Waals surface area (Å²) in [6.45, 7) is 0.321. The zero-order valence-corrected chi connectivity index (χ0v) is 13.3. The van der Waals surface area contributed by atoms with Gasteiger partial charge in [-0.1, -0.05) is 0 Å². The normalized spacial score (nSPS) is 10.5. The van der Waals surface area contributed by atoms with Crippen molar-refractivity contribution in [3.8, 4) is 11.1 Å². The molecule has 3 heterocycles. The van der Waals surface area contributed by atoms with Gasteiger partial charge in [0.2, 0.25) is 0 Å². The molecule has 1 N–H and O–H groups in total. The first-order valence-electron chi connectivity index (χ1n) is 7.05. The van der Waals surface area contributed by atoms with Crippen molar-refractivity contribution in [2.24, 2.45) is 7.05 Å². The van der Waals surface area contributed by atoms with Gasteiger partial charge in [-0.2, -0.15) is 11.3 Å². The number of pyridine rings is 2. The molecule has 5 nitrogen and oxygen atoms in total. The average Bonchev–Trinajstić information content (AvgIpc) is 3.10. The lowest BCUT2D eigenvalue weighted by molar-refractivity contribution is 0.0949. The quantitative estimate of drug-likeness (QED) is 0.801. The molecule has 0 bridgehead atoms. The molecule has 0 atom stereocenters. The number of nitrogens with one attached hydrogen (secondary N) is 1. The van der Waals surface area contributed by atoms with Crippen molar-refractivity contribution in [3.63, 3.8) is 0 Å². The van der Waals surface area contributed by atoms with Gasteiger partial charge in [0.1, 0.15) is 5.56 Å². The molecule has 0 fully saturated rings. The number of thiophene rings is 1. The standard InChI is InChI=1S/C17H15N3O2S/c1-20-5-2-3-15(17(20)22)16(21)19-9-12-7-14(10-18-8-12)13-4-6-23-11-13/h2-8,10-11H,9H2,1H3,(H,19,21). The minimum atomic E-state index is -0.382. The molecule has 6 heteroatoms. The molecule has 0 saturated carbocycles. The van der Waals surface area contributed by atoms with E-state index >= 15 is 0 Å². The van der Waals surface area contributed by atoms with E-state index in [9.17, 15) is 9.59 Å². The minimum Gasteiger partial charge on any atom is -0.348 e. The third kappa shape index (κ3) is 3.37. The van der Waals surface area contributed by atoms with E-state index in [1.165, 1.54) is 10.6 Å². The van der Waals surface area contributed by atoms with Gasteiger partial charge in [-0.15, -0.1) is 0 Å². The van der Waals surface area contributed by atoms with Crippen LogP contribution in [-0.4, -0.2) is 15.5 Å². The summed E-state index contributed by atoms with van der Waals surface area (Å²) in [5.74, 6) is -0.382. The van der Waals surface area contributed by atoms with E-state index in [1.54, 1.807) is 43.0 Å². The fraction of sp³-hybridized carbons (Fsp3) is 0.118. The van der Waals surface area contributed by atoms with E-state index in [0.29, 0.717) is 6.54 Å². The van der Waals surface area contributed by atoms with Gasteiger partial charge in [-0.25, -0.2) is 0 Å². The highest BCUT2D eigenvalue weighted by Crippen LogP contribution is 2.21. The molecule has 0 aliphatic rings. The first-order chi connectivity index (χ1) is 11.1. The van der Waals surface area contributed by atoms with Crippen molar-refractivity contribution in [1.29, 1.82) is 0 Å². The number of carbonyl (C=O) groups is 1. The van der Waals surface area contributed by atoms with Crippen LogP contribution in [0.1, 0.15) is 15.9 Å². The van der Waals surface area contributed by atoms with Crippen LogP contribution >= 0.6 is 11.3 Å². The Hall–Kier alpha value is -2.73. The maximum Gasteiger partial charge on any atom is 0.263 e. The average molecular weight is 325 g/mol. The van der Waals surface area contributed by atoms with Gasteiger partial charge in [0, 0.05) is 37.7 Å². The predicted molar refractivity (Wildman–Crippen MR) is 90.4 cm³/mol. The third-order valence-corrected chi connectivity index (χ3v) is 4.15. The Morgan fingerprint density at radius 1 is 1.30 bits per heavy atom. The van der Waals surface area contributed by atoms with Crippen molar-refractivity contribution in [2.45, 2.75) is 6.54 Å². The smallest absolute Gasteiger partial charge is 0.263 e. The van der Waals surface area contributed by atoms with Crippen molar-refractivity contribution in [1.82, 2.24) is 14.9 Å². The lowest BCUT2D eigenvalue weighted by Gasteiger charge is -2.07. The highest BCUT2D eigenvalue weighted by molar-refractivity contribution is 7.08. The summed E-state index contributed by atoms with van der Waals surface area (Å²) < 4.78 is 1.38. The zero-order chi connectivity index (χ0) is 16.2. The molecule has 3 aromatic heterocycles. The Morgan fingerprint density at radius 3 is 2.96 bits per heavy atom. The lowest BCUT2D eigenvalue weighted by Crippen LogP contribution is -2.31. The monoisotopic (exact) mass is 325 g/mol. The molecular formula is C17H15N3O2S. The number of rotatable bonds is 4.